The maximum absolute atomic E-state index is 6.25. The van der Waals surface area contributed by atoms with E-state index in [2.05, 4.69) is 25.7 Å². The number of hydrogen-bond donors (Lipinski definition) is 1. The SMILES string of the molecule is CCN1CCCC1C(C)(N)CC. The standard InChI is InChI=1S/C10H22N2/c1-4-10(3,11)9-7-6-8-12(9)5-2/h9H,4-8,11H2,1-3H3. The Morgan fingerprint density at radius 2 is 2.17 bits per heavy atom. The maximum Gasteiger partial charge on any atom is 0.0280 e. The van der Waals surface area contributed by atoms with E-state index in [9.17, 15) is 0 Å². The van der Waals surface area contributed by atoms with Crippen molar-refractivity contribution in [1.82, 2.24) is 4.90 Å². The molecule has 1 rings (SSSR count). The molecule has 1 saturated heterocycles. The van der Waals surface area contributed by atoms with Crippen LogP contribution in [0.2, 0.25) is 0 Å². The summed E-state index contributed by atoms with van der Waals surface area (Å²) in [6.07, 6.45) is 3.69. The molecule has 2 unspecified atom stereocenters. The Hall–Kier alpha value is -0.0800. The van der Waals surface area contributed by atoms with Gasteiger partial charge in [-0.15, -0.1) is 0 Å². The predicted octanol–water partition coefficient (Wildman–Crippen LogP) is 1.60. The van der Waals surface area contributed by atoms with Crippen LogP contribution in [-0.4, -0.2) is 29.6 Å². The largest absolute Gasteiger partial charge is 0.324 e. The highest BCUT2D eigenvalue weighted by Crippen LogP contribution is 2.26. The molecular formula is C10H22N2. The first-order chi connectivity index (χ1) is 5.61. The van der Waals surface area contributed by atoms with Crippen molar-refractivity contribution < 1.29 is 0 Å². The van der Waals surface area contributed by atoms with Gasteiger partial charge in [0.15, 0.2) is 0 Å². The molecule has 2 heteroatoms. The van der Waals surface area contributed by atoms with Gasteiger partial charge in [0.2, 0.25) is 0 Å². The average Bonchev–Trinajstić information content (AvgIpc) is 2.52. The van der Waals surface area contributed by atoms with E-state index in [4.69, 9.17) is 5.73 Å². The summed E-state index contributed by atoms with van der Waals surface area (Å²) in [6, 6.07) is 0.618. The van der Waals surface area contributed by atoms with Crippen LogP contribution in [0.25, 0.3) is 0 Å². The first-order valence-electron chi connectivity index (χ1n) is 5.14. The number of likely N-dealkylation sites (N-methyl/N-ethyl adjacent to an activating group) is 1. The van der Waals surface area contributed by atoms with Crippen molar-refractivity contribution in [1.29, 1.82) is 0 Å². The minimum absolute atomic E-state index is 0.0203. The van der Waals surface area contributed by atoms with E-state index < -0.39 is 0 Å². The van der Waals surface area contributed by atoms with E-state index in [-0.39, 0.29) is 5.54 Å². The van der Waals surface area contributed by atoms with Crippen LogP contribution in [0.3, 0.4) is 0 Å². The molecule has 1 fully saturated rings. The van der Waals surface area contributed by atoms with E-state index in [1.54, 1.807) is 0 Å². The molecule has 72 valence electrons. The van der Waals surface area contributed by atoms with Gasteiger partial charge < -0.3 is 5.73 Å². The number of hydrogen-bond acceptors (Lipinski definition) is 2. The van der Waals surface area contributed by atoms with Crippen LogP contribution in [0.5, 0.6) is 0 Å². The van der Waals surface area contributed by atoms with Gasteiger partial charge in [0, 0.05) is 11.6 Å². The molecule has 0 radical (unpaired) electrons. The van der Waals surface area contributed by atoms with Crippen molar-refractivity contribution >= 4 is 0 Å². The molecule has 0 spiro atoms. The first kappa shape index (κ1) is 10.0. The third-order valence-electron chi connectivity index (χ3n) is 3.29. The van der Waals surface area contributed by atoms with Crippen molar-refractivity contribution in [2.75, 3.05) is 13.1 Å². The van der Waals surface area contributed by atoms with Gasteiger partial charge in [0.1, 0.15) is 0 Å². The van der Waals surface area contributed by atoms with E-state index in [1.165, 1.54) is 19.4 Å². The molecule has 0 aromatic rings. The minimum Gasteiger partial charge on any atom is -0.324 e. The van der Waals surface area contributed by atoms with Crippen molar-refractivity contribution in [3.05, 3.63) is 0 Å². The van der Waals surface area contributed by atoms with E-state index in [0.29, 0.717) is 6.04 Å². The summed E-state index contributed by atoms with van der Waals surface area (Å²) in [5.74, 6) is 0. The van der Waals surface area contributed by atoms with Gasteiger partial charge in [-0.05, 0) is 39.3 Å². The van der Waals surface area contributed by atoms with E-state index >= 15 is 0 Å². The van der Waals surface area contributed by atoms with Crippen LogP contribution in [0.15, 0.2) is 0 Å². The van der Waals surface area contributed by atoms with Crippen molar-refractivity contribution in [2.24, 2.45) is 5.73 Å². The second kappa shape index (κ2) is 3.75. The number of likely N-dealkylation sites (tertiary alicyclic amines) is 1. The Balaban J connectivity index is 2.60. The topological polar surface area (TPSA) is 29.3 Å². The molecular weight excluding hydrogens is 148 g/mol. The average molecular weight is 170 g/mol. The fourth-order valence-corrected chi connectivity index (χ4v) is 2.19. The smallest absolute Gasteiger partial charge is 0.0280 e. The predicted molar refractivity (Wildman–Crippen MR) is 53.2 cm³/mol. The van der Waals surface area contributed by atoms with Crippen LogP contribution < -0.4 is 5.73 Å². The van der Waals surface area contributed by atoms with Crippen molar-refractivity contribution in [3.63, 3.8) is 0 Å². The molecule has 0 aromatic heterocycles. The zero-order chi connectivity index (χ0) is 9.19. The van der Waals surface area contributed by atoms with E-state index in [1.807, 2.05) is 0 Å². The van der Waals surface area contributed by atoms with Gasteiger partial charge in [0.25, 0.3) is 0 Å². The van der Waals surface area contributed by atoms with Gasteiger partial charge in [-0.1, -0.05) is 13.8 Å². The van der Waals surface area contributed by atoms with Crippen LogP contribution in [-0.2, 0) is 0 Å². The lowest BCUT2D eigenvalue weighted by Gasteiger charge is -2.36. The number of nitrogens with two attached hydrogens (primary N) is 1. The molecule has 0 saturated carbocycles. The monoisotopic (exact) mass is 170 g/mol. The Labute approximate surface area is 76.1 Å². The van der Waals surface area contributed by atoms with Crippen molar-refractivity contribution in [2.45, 2.75) is 51.6 Å². The molecule has 1 aliphatic rings. The zero-order valence-corrected chi connectivity index (χ0v) is 8.64. The summed E-state index contributed by atoms with van der Waals surface area (Å²) in [5.41, 5.74) is 6.27. The van der Waals surface area contributed by atoms with Crippen LogP contribution in [0.4, 0.5) is 0 Å². The molecule has 2 N–H and O–H groups in total. The van der Waals surface area contributed by atoms with Crippen LogP contribution >= 0.6 is 0 Å². The summed E-state index contributed by atoms with van der Waals surface area (Å²) in [7, 11) is 0. The van der Waals surface area contributed by atoms with E-state index in [0.717, 1.165) is 13.0 Å². The van der Waals surface area contributed by atoms with Gasteiger partial charge in [-0.3, -0.25) is 4.90 Å². The molecule has 0 amide bonds. The number of rotatable bonds is 3. The minimum atomic E-state index is 0.0203. The quantitative estimate of drug-likeness (QED) is 0.697. The normalized spacial score (nSPS) is 30.5. The Kier molecular flexibility index (Phi) is 3.13. The van der Waals surface area contributed by atoms with Gasteiger partial charge in [-0.2, -0.15) is 0 Å². The zero-order valence-electron chi connectivity index (χ0n) is 8.64. The van der Waals surface area contributed by atoms with Crippen LogP contribution in [0.1, 0.15) is 40.0 Å². The maximum atomic E-state index is 6.25. The van der Waals surface area contributed by atoms with Crippen molar-refractivity contribution in [3.8, 4) is 0 Å². The fraction of sp³-hybridized carbons (Fsp3) is 1.00. The lowest BCUT2D eigenvalue weighted by Crippen LogP contribution is -2.53. The molecule has 0 aliphatic carbocycles. The van der Waals surface area contributed by atoms with Gasteiger partial charge >= 0.3 is 0 Å². The second-order valence-electron chi connectivity index (χ2n) is 4.15. The molecule has 0 aromatic carbocycles. The Bertz CT molecular complexity index is 143. The summed E-state index contributed by atoms with van der Waals surface area (Å²) >= 11 is 0. The Morgan fingerprint density at radius 1 is 1.50 bits per heavy atom. The highest BCUT2D eigenvalue weighted by Gasteiger charge is 2.35. The Morgan fingerprint density at radius 3 is 2.67 bits per heavy atom. The molecule has 1 aliphatic heterocycles. The highest BCUT2D eigenvalue weighted by atomic mass is 15.2. The van der Waals surface area contributed by atoms with Gasteiger partial charge in [-0.25, -0.2) is 0 Å². The van der Waals surface area contributed by atoms with Crippen LogP contribution in [0, 0.1) is 0 Å². The summed E-state index contributed by atoms with van der Waals surface area (Å²) in [5, 5.41) is 0. The molecule has 12 heavy (non-hydrogen) atoms. The third kappa shape index (κ3) is 1.80. The second-order valence-corrected chi connectivity index (χ2v) is 4.15. The molecule has 0 bridgehead atoms. The lowest BCUT2D eigenvalue weighted by atomic mass is 9.89. The van der Waals surface area contributed by atoms with Gasteiger partial charge in [0.05, 0.1) is 0 Å². The highest BCUT2D eigenvalue weighted by molar-refractivity contribution is 4.95. The lowest BCUT2D eigenvalue weighted by molar-refractivity contribution is 0.176. The fourth-order valence-electron chi connectivity index (χ4n) is 2.19. The molecule has 1 heterocycles. The molecule has 2 atom stereocenters. The molecule has 2 nitrogen and oxygen atoms in total. The summed E-state index contributed by atoms with van der Waals surface area (Å²) < 4.78 is 0. The summed E-state index contributed by atoms with van der Waals surface area (Å²) in [4.78, 5) is 2.52. The first-order valence-corrected chi connectivity index (χ1v) is 5.14. The third-order valence-corrected chi connectivity index (χ3v) is 3.29. The summed E-state index contributed by atoms with van der Waals surface area (Å²) in [6.45, 7) is 8.99. The number of nitrogens with zero attached hydrogens (tertiary/aromatic N) is 1.